The molecule has 0 aromatic rings. The minimum atomic E-state index is -0.188. The molecule has 0 bridgehead atoms. The van der Waals surface area contributed by atoms with E-state index in [4.69, 9.17) is 4.74 Å². The van der Waals surface area contributed by atoms with Crippen LogP contribution in [0.5, 0.6) is 0 Å². The maximum Gasteiger partial charge on any atom is 0.303 e. The molecule has 2 rings (SSSR count). The Labute approximate surface area is 111 Å². The number of hydrogen-bond donors (Lipinski definition) is 0. The average molecular weight is 252 g/mol. The first-order valence-electron chi connectivity index (χ1n) is 7.82. The van der Waals surface area contributed by atoms with Gasteiger partial charge in [-0.2, -0.15) is 0 Å². The summed E-state index contributed by atoms with van der Waals surface area (Å²) in [6, 6.07) is 0. The van der Waals surface area contributed by atoms with E-state index in [1.807, 2.05) is 0 Å². The number of carbonyl (C=O) groups is 1. The predicted octanol–water partition coefficient (Wildman–Crippen LogP) is 4.47. The summed E-state index contributed by atoms with van der Waals surface area (Å²) in [5.41, 5.74) is -0.188. The summed E-state index contributed by atoms with van der Waals surface area (Å²) >= 11 is 0. The van der Waals surface area contributed by atoms with Crippen molar-refractivity contribution < 1.29 is 9.53 Å². The van der Waals surface area contributed by atoms with Crippen molar-refractivity contribution in [1.82, 2.24) is 0 Å². The molecule has 0 aromatic heterocycles. The van der Waals surface area contributed by atoms with Gasteiger partial charge in [-0.25, -0.2) is 0 Å². The minimum absolute atomic E-state index is 0.0892. The lowest BCUT2D eigenvalue weighted by atomic mass is 9.67. The number of ether oxygens (including phenoxy) is 1. The highest BCUT2D eigenvalue weighted by Gasteiger charge is 2.44. The van der Waals surface area contributed by atoms with Gasteiger partial charge >= 0.3 is 5.97 Å². The van der Waals surface area contributed by atoms with E-state index in [0.29, 0.717) is 11.8 Å². The molecule has 2 fully saturated rings. The van der Waals surface area contributed by atoms with Crippen molar-refractivity contribution in [2.75, 3.05) is 0 Å². The van der Waals surface area contributed by atoms with E-state index in [9.17, 15) is 4.79 Å². The second-order valence-electron chi connectivity index (χ2n) is 6.45. The molecule has 2 saturated carbocycles. The molecule has 0 atom stereocenters. The monoisotopic (exact) mass is 252 g/mol. The van der Waals surface area contributed by atoms with Gasteiger partial charge in [0.1, 0.15) is 5.60 Å². The molecule has 0 spiro atoms. The van der Waals surface area contributed by atoms with Gasteiger partial charge in [-0.15, -0.1) is 0 Å². The molecule has 18 heavy (non-hydrogen) atoms. The molecule has 0 amide bonds. The van der Waals surface area contributed by atoms with Crippen LogP contribution in [0.1, 0.15) is 78.1 Å². The highest BCUT2D eigenvalue weighted by molar-refractivity contribution is 5.66. The van der Waals surface area contributed by atoms with E-state index in [1.54, 1.807) is 6.92 Å². The first-order chi connectivity index (χ1) is 8.63. The maximum absolute atomic E-state index is 11.5. The zero-order chi connectivity index (χ0) is 13.0. The summed E-state index contributed by atoms with van der Waals surface area (Å²) in [6.45, 7) is 3.80. The molecule has 2 nitrogen and oxygen atoms in total. The molecule has 2 aliphatic carbocycles. The Bertz CT molecular complexity index is 255. The molecule has 0 heterocycles. The maximum atomic E-state index is 11.5. The molecule has 0 aromatic carbocycles. The van der Waals surface area contributed by atoms with Gasteiger partial charge in [-0.05, 0) is 44.4 Å². The molecule has 0 N–H and O–H groups in total. The van der Waals surface area contributed by atoms with E-state index in [-0.39, 0.29) is 11.6 Å². The molecular formula is C16H28O2. The van der Waals surface area contributed by atoms with E-state index in [0.717, 1.165) is 0 Å². The van der Waals surface area contributed by atoms with Gasteiger partial charge in [0, 0.05) is 6.92 Å². The van der Waals surface area contributed by atoms with Crippen LogP contribution in [0, 0.1) is 11.8 Å². The van der Waals surface area contributed by atoms with Gasteiger partial charge in [0.25, 0.3) is 0 Å². The van der Waals surface area contributed by atoms with Crippen LogP contribution in [-0.2, 0) is 9.53 Å². The number of hydrogen-bond acceptors (Lipinski definition) is 2. The number of carbonyl (C=O) groups excluding carboxylic acids is 1. The van der Waals surface area contributed by atoms with Gasteiger partial charge in [0.05, 0.1) is 0 Å². The fourth-order valence-electron chi connectivity index (χ4n) is 4.16. The fraction of sp³-hybridized carbons (Fsp3) is 0.938. The van der Waals surface area contributed by atoms with E-state index < -0.39 is 0 Å². The second-order valence-corrected chi connectivity index (χ2v) is 6.45. The summed E-state index contributed by atoms with van der Waals surface area (Å²) < 4.78 is 5.88. The topological polar surface area (TPSA) is 26.3 Å². The van der Waals surface area contributed by atoms with E-state index in [1.165, 1.54) is 64.2 Å². The Hall–Kier alpha value is -0.530. The van der Waals surface area contributed by atoms with Crippen molar-refractivity contribution in [3.8, 4) is 0 Å². The zero-order valence-electron chi connectivity index (χ0n) is 12.0. The van der Waals surface area contributed by atoms with Gasteiger partial charge in [-0.1, -0.05) is 38.5 Å². The Morgan fingerprint density at radius 2 is 1.28 bits per heavy atom. The molecule has 0 unspecified atom stereocenters. The van der Waals surface area contributed by atoms with Crippen LogP contribution in [-0.4, -0.2) is 11.6 Å². The molecule has 2 aliphatic rings. The smallest absolute Gasteiger partial charge is 0.303 e. The van der Waals surface area contributed by atoms with Crippen LogP contribution in [0.3, 0.4) is 0 Å². The molecule has 104 valence electrons. The highest BCUT2D eigenvalue weighted by Crippen LogP contribution is 2.44. The van der Waals surface area contributed by atoms with Gasteiger partial charge in [-0.3, -0.25) is 4.79 Å². The van der Waals surface area contributed by atoms with Crippen molar-refractivity contribution in [3.05, 3.63) is 0 Å². The van der Waals surface area contributed by atoms with Crippen molar-refractivity contribution >= 4 is 5.97 Å². The summed E-state index contributed by atoms with van der Waals surface area (Å²) in [7, 11) is 0. The fourth-order valence-corrected chi connectivity index (χ4v) is 4.16. The third-order valence-electron chi connectivity index (χ3n) is 5.20. The highest BCUT2D eigenvalue weighted by atomic mass is 16.6. The third kappa shape index (κ3) is 3.07. The summed E-state index contributed by atoms with van der Waals surface area (Å²) in [4.78, 5) is 11.5. The molecule has 0 aliphatic heterocycles. The first kappa shape index (κ1) is 13.9. The lowest BCUT2D eigenvalue weighted by Crippen LogP contribution is -2.47. The Balaban J connectivity index is 2.11. The van der Waals surface area contributed by atoms with Crippen LogP contribution in [0.4, 0.5) is 0 Å². The van der Waals surface area contributed by atoms with Crippen LogP contribution in [0.25, 0.3) is 0 Å². The molecule has 0 saturated heterocycles. The standard InChI is InChI=1S/C16H28O2/c1-13(17)18-16(2,14-9-5-3-6-10-14)15-11-7-4-8-12-15/h14-15H,3-12H2,1-2H3. The summed E-state index contributed by atoms with van der Waals surface area (Å²) in [5.74, 6) is 1.10. The second kappa shape index (κ2) is 6.08. The van der Waals surface area contributed by atoms with Crippen LogP contribution in [0.2, 0.25) is 0 Å². The third-order valence-corrected chi connectivity index (χ3v) is 5.20. The lowest BCUT2D eigenvalue weighted by Gasteiger charge is -2.46. The Kier molecular flexibility index (Phi) is 4.69. The Morgan fingerprint density at radius 3 is 1.61 bits per heavy atom. The predicted molar refractivity (Wildman–Crippen MR) is 73.3 cm³/mol. The first-order valence-corrected chi connectivity index (χ1v) is 7.82. The number of rotatable bonds is 3. The normalized spacial score (nSPS) is 23.9. The molecule has 2 heteroatoms. The van der Waals surface area contributed by atoms with Crippen LogP contribution >= 0.6 is 0 Å². The zero-order valence-corrected chi connectivity index (χ0v) is 12.0. The largest absolute Gasteiger partial charge is 0.459 e. The van der Waals surface area contributed by atoms with Crippen LogP contribution < -0.4 is 0 Å². The van der Waals surface area contributed by atoms with Gasteiger partial charge in [0.2, 0.25) is 0 Å². The quantitative estimate of drug-likeness (QED) is 0.693. The Morgan fingerprint density at radius 1 is 0.889 bits per heavy atom. The van der Waals surface area contributed by atoms with Gasteiger partial charge < -0.3 is 4.74 Å². The van der Waals surface area contributed by atoms with Crippen molar-refractivity contribution in [1.29, 1.82) is 0 Å². The van der Waals surface area contributed by atoms with E-state index in [2.05, 4.69) is 6.92 Å². The lowest BCUT2D eigenvalue weighted by molar-refractivity contribution is -0.173. The average Bonchev–Trinajstić information content (AvgIpc) is 2.40. The van der Waals surface area contributed by atoms with Crippen molar-refractivity contribution in [2.45, 2.75) is 83.7 Å². The summed E-state index contributed by atoms with van der Waals surface area (Å²) in [5, 5.41) is 0. The molecular weight excluding hydrogens is 224 g/mol. The molecule has 0 radical (unpaired) electrons. The SMILES string of the molecule is CC(=O)OC(C)(C1CCCCC1)C1CCCCC1. The van der Waals surface area contributed by atoms with Crippen molar-refractivity contribution in [2.24, 2.45) is 11.8 Å². The van der Waals surface area contributed by atoms with Crippen molar-refractivity contribution in [3.63, 3.8) is 0 Å². The van der Waals surface area contributed by atoms with E-state index >= 15 is 0 Å². The van der Waals surface area contributed by atoms with Crippen LogP contribution in [0.15, 0.2) is 0 Å². The number of esters is 1. The van der Waals surface area contributed by atoms with Gasteiger partial charge in [0.15, 0.2) is 0 Å². The minimum Gasteiger partial charge on any atom is -0.459 e. The summed E-state index contributed by atoms with van der Waals surface area (Å²) in [6.07, 6.45) is 13.0.